The number of aryl methyl sites for hydroxylation is 1. The number of nitrogens with one attached hydrogen (secondary N) is 2. The molecule has 158 valence electrons. The Balaban J connectivity index is 1.52. The van der Waals surface area contributed by atoms with Gasteiger partial charge in [-0.2, -0.15) is 18.3 Å². The predicted molar refractivity (Wildman–Crippen MR) is 106 cm³/mol. The van der Waals surface area contributed by atoms with E-state index in [9.17, 15) is 18.0 Å². The smallest absolute Gasteiger partial charge is 0.367 e. The van der Waals surface area contributed by atoms with E-state index < -0.39 is 17.6 Å². The molecule has 0 spiro atoms. The molecule has 0 saturated carbocycles. The topological polar surface area (TPSA) is 84.7 Å². The van der Waals surface area contributed by atoms with Gasteiger partial charge in [0, 0.05) is 24.3 Å². The molecule has 0 atom stereocenters. The standard InChI is InChI=1S/C20H21F3N6O/c1-12-13(2)28-29(14(12)3)18-8-7-17(26-27-18)24-9-10-25-19(30)15-5-4-6-16(11-15)20(21,22)23/h4-8,11H,9-10H2,1-3H3,(H,24,26)(H,25,30). The fourth-order valence-corrected chi connectivity index (χ4v) is 2.78. The molecule has 0 radical (unpaired) electrons. The second-order valence-corrected chi connectivity index (χ2v) is 6.75. The van der Waals surface area contributed by atoms with E-state index in [0.717, 1.165) is 29.1 Å². The number of amides is 1. The van der Waals surface area contributed by atoms with Gasteiger partial charge in [-0.05, 0) is 56.7 Å². The highest BCUT2D eigenvalue weighted by atomic mass is 19.4. The molecule has 0 fully saturated rings. The van der Waals surface area contributed by atoms with Gasteiger partial charge >= 0.3 is 6.18 Å². The maximum atomic E-state index is 12.7. The average molecular weight is 418 g/mol. The van der Waals surface area contributed by atoms with Crippen LogP contribution in [0.3, 0.4) is 0 Å². The summed E-state index contributed by atoms with van der Waals surface area (Å²) in [6, 6.07) is 7.81. The molecule has 2 N–H and O–H groups in total. The van der Waals surface area contributed by atoms with Crippen molar-refractivity contribution in [2.45, 2.75) is 26.9 Å². The van der Waals surface area contributed by atoms with Gasteiger partial charge in [-0.1, -0.05) is 6.07 Å². The number of alkyl halides is 3. The number of hydrogen-bond donors (Lipinski definition) is 2. The zero-order valence-corrected chi connectivity index (χ0v) is 16.7. The van der Waals surface area contributed by atoms with Crippen LogP contribution in [0.2, 0.25) is 0 Å². The molecule has 2 heterocycles. The molecule has 0 saturated heterocycles. The molecule has 0 bridgehead atoms. The SMILES string of the molecule is Cc1nn(-c2ccc(NCCNC(=O)c3cccc(C(F)(F)F)c3)nn2)c(C)c1C. The van der Waals surface area contributed by atoms with Crippen LogP contribution in [0.25, 0.3) is 5.82 Å². The van der Waals surface area contributed by atoms with Gasteiger partial charge in [0.25, 0.3) is 5.91 Å². The van der Waals surface area contributed by atoms with Crippen molar-refractivity contribution in [2.75, 3.05) is 18.4 Å². The summed E-state index contributed by atoms with van der Waals surface area (Å²) in [5.74, 6) is 0.515. The monoisotopic (exact) mass is 418 g/mol. The molecule has 10 heteroatoms. The minimum absolute atomic E-state index is 0.0471. The van der Waals surface area contributed by atoms with Crippen LogP contribution in [-0.2, 0) is 6.18 Å². The molecule has 1 aromatic carbocycles. The van der Waals surface area contributed by atoms with Gasteiger partial charge in [-0.25, -0.2) is 4.68 Å². The highest BCUT2D eigenvalue weighted by Crippen LogP contribution is 2.29. The normalized spacial score (nSPS) is 11.4. The molecule has 0 unspecified atom stereocenters. The van der Waals surface area contributed by atoms with Crippen LogP contribution in [0.1, 0.15) is 32.9 Å². The third-order valence-corrected chi connectivity index (χ3v) is 4.69. The van der Waals surface area contributed by atoms with Gasteiger partial charge in [-0.15, -0.1) is 10.2 Å². The number of aromatic nitrogens is 4. The molecule has 3 rings (SSSR count). The maximum absolute atomic E-state index is 12.7. The minimum atomic E-state index is -4.49. The van der Waals surface area contributed by atoms with Crippen molar-refractivity contribution in [3.8, 4) is 5.82 Å². The molecular formula is C20H21F3N6O. The molecule has 0 aliphatic heterocycles. The Morgan fingerprint density at radius 3 is 2.43 bits per heavy atom. The second-order valence-electron chi connectivity index (χ2n) is 6.75. The number of hydrogen-bond acceptors (Lipinski definition) is 5. The van der Waals surface area contributed by atoms with Crippen LogP contribution in [0.4, 0.5) is 19.0 Å². The Hall–Kier alpha value is -3.43. The Bertz CT molecular complexity index is 1040. The van der Waals surface area contributed by atoms with Crippen molar-refractivity contribution in [3.05, 3.63) is 64.5 Å². The third-order valence-electron chi connectivity index (χ3n) is 4.69. The van der Waals surface area contributed by atoms with E-state index in [0.29, 0.717) is 18.2 Å². The molecule has 2 aromatic heterocycles. The maximum Gasteiger partial charge on any atom is 0.416 e. The zero-order chi connectivity index (χ0) is 21.9. The molecule has 0 aliphatic rings. The lowest BCUT2D eigenvalue weighted by Gasteiger charge is -2.10. The second kappa shape index (κ2) is 8.52. The van der Waals surface area contributed by atoms with Crippen LogP contribution in [-0.4, -0.2) is 39.0 Å². The highest BCUT2D eigenvalue weighted by molar-refractivity contribution is 5.94. The molecular weight excluding hydrogens is 397 g/mol. The van der Waals surface area contributed by atoms with Gasteiger partial charge in [-0.3, -0.25) is 4.79 Å². The molecule has 7 nitrogen and oxygen atoms in total. The van der Waals surface area contributed by atoms with Crippen molar-refractivity contribution < 1.29 is 18.0 Å². The lowest BCUT2D eigenvalue weighted by atomic mass is 10.1. The fourth-order valence-electron chi connectivity index (χ4n) is 2.78. The number of halogens is 3. The first kappa shape index (κ1) is 21.3. The Labute approximate surface area is 171 Å². The van der Waals surface area contributed by atoms with E-state index in [-0.39, 0.29) is 12.1 Å². The van der Waals surface area contributed by atoms with E-state index in [1.807, 2.05) is 20.8 Å². The first-order chi connectivity index (χ1) is 14.2. The highest BCUT2D eigenvalue weighted by Gasteiger charge is 2.30. The minimum Gasteiger partial charge on any atom is -0.367 e. The first-order valence-corrected chi connectivity index (χ1v) is 9.23. The first-order valence-electron chi connectivity index (χ1n) is 9.23. The van der Waals surface area contributed by atoms with Crippen LogP contribution in [0.5, 0.6) is 0 Å². The summed E-state index contributed by atoms with van der Waals surface area (Å²) >= 11 is 0. The fraction of sp³-hybridized carbons (Fsp3) is 0.300. The van der Waals surface area contributed by atoms with Gasteiger partial charge in [0.15, 0.2) is 5.82 Å². The van der Waals surface area contributed by atoms with Crippen molar-refractivity contribution in [1.29, 1.82) is 0 Å². The van der Waals surface area contributed by atoms with Crippen molar-refractivity contribution in [1.82, 2.24) is 25.3 Å². The third kappa shape index (κ3) is 4.76. The summed E-state index contributed by atoms with van der Waals surface area (Å²) in [4.78, 5) is 12.1. The van der Waals surface area contributed by atoms with Gasteiger partial charge in [0.1, 0.15) is 5.82 Å². The molecule has 30 heavy (non-hydrogen) atoms. The van der Waals surface area contributed by atoms with Crippen LogP contribution < -0.4 is 10.6 Å². The van der Waals surface area contributed by atoms with E-state index in [1.54, 1.807) is 16.8 Å². The number of anilines is 1. The van der Waals surface area contributed by atoms with Gasteiger partial charge in [0.05, 0.1) is 11.3 Å². The molecule has 0 aliphatic carbocycles. The van der Waals surface area contributed by atoms with Gasteiger partial charge < -0.3 is 10.6 Å². The number of carbonyl (C=O) groups excluding carboxylic acids is 1. The lowest BCUT2D eigenvalue weighted by molar-refractivity contribution is -0.137. The summed E-state index contributed by atoms with van der Waals surface area (Å²) in [5.41, 5.74) is 2.10. The Morgan fingerprint density at radius 1 is 1.07 bits per heavy atom. The lowest BCUT2D eigenvalue weighted by Crippen LogP contribution is -2.29. The summed E-state index contributed by atoms with van der Waals surface area (Å²) in [5, 5.41) is 18.2. The molecule has 1 amide bonds. The number of carbonyl (C=O) groups is 1. The van der Waals surface area contributed by atoms with Crippen LogP contribution >= 0.6 is 0 Å². The van der Waals surface area contributed by atoms with Crippen molar-refractivity contribution >= 4 is 11.7 Å². The van der Waals surface area contributed by atoms with E-state index in [1.165, 1.54) is 12.1 Å². The van der Waals surface area contributed by atoms with Crippen LogP contribution in [0.15, 0.2) is 36.4 Å². The van der Waals surface area contributed by atoms with E-state index in [4.69, 9.17) is 0 Å². The van der Waals surface area contributed by atoms with Crippen LogP contribution in [0, 0.1) is 20.8 Å². The molecule has 3 aromatic rings. The zero-order valence-electron chi connectivity index (χ0n) is 16.7. The quantitative estimate of drug-likeness (QED) is 0.599. The number of nitrogens with zero attached hydrogens (tertiary/aromatic N) is 4. The largest absolute Gasteiger partial charge is 0.416 e. The summed E-state index contributed by atoms with van der Waals surface area (Å²) in [6.45, 7) is 6.41. The Kier molecular flexibility index (Phi) is 6.04. The van der Waals surface area contributed by atoms with E-state index in [2.05, 4.69) is 25.9 Å². The van der Waals surface area contributed by atoms with E-state index >= 15 is 0 Å². The van der Waals surface area contributed by atoms with Crippen molar-refractivity contribution in [2.24, 2.45) is 0 Å². The summed E-state index contributed by atoms with van der Waals surface area (Å²) in [6.07, 6.45) is -4.49. The predicted octanol–water partition coefficient (Wildman–Crippen LogP) is 3.45. The number of benzene rings is 1. The van der Waals surface area contributed by atoms with Crippen molar-refractivity contribution in [3.63, 3.8) is 0 Å². The summed E-state index contributed by atoms with van der Waals surface area (Å²) < 4.78 is 40.0. The Morgan fingerprint density at radius 2 is 1.83 bits per heavy atom. The summed E-state index contributed by atoms with van der Waals surface area (Å²) in [7, 11) is 0. The number of rotatable bonds is 6. The average Bonchev–Trinajstić information content (AvgIpc) is 2.98. The van der Waals surface area contributed by atoms with Gasteiger partial charge in [0.2, 0.25) is 0 Å².